The molecule has 1 saturated heterocycles. The van der Waals surface area contributed by atoms with Crippen molar-refractivity contribution in [3.8, 4) is 0 Å². The number of carbonyl (C=O) groups is 1. The number of carbonyl (C=O) groups excluding carboxylic acids is 1. The fourth-order valence-corrected chi connectivity index (χ4v) is 3.90. The average molecular weight is 330 g/mol. The molecule has 0 aromatic carbocycles. The van der Waals surface area contributed by atoms with Gasteiger partial charge in [-0.2, -0.15) is 0 Å². The second-order valence-electron chi connectivity index (χ2n) is 6.87. The van der Waals surface area contributed by atoms with Crippen LogP contribution in [0.25, 0.3) is 11.2 Å². The molecule has 2 aromatic rings. The number of amides is 1. The predicted octanol–water partition coefficient (Wildman–Crippen LogP) is 1.65. The van der Waals surface area contributed by atoms with Crippen LogP contribution in [0.2, 0.25) is 0 Å². The van der Waals surface area contributed by atoms with Gasteiger partial charge in [0.15, 0.2) is 11.4 Å². The molecule has 1 aliphatic carbocycles. The summed E-state index contributed by atoms with van der Waals surface area (Å²) in [5, 5.41) is 2.92. The van der Waals surface area contributed by atoms with E-state index in [1.807, 2.05) is 37.5 Å². The topological polar surface area (TPSA) is 78.3 Å². The maximum atomic E-state index is 12.5. The number of nitrogens with zero attached hydrogens (tertiary/aromatic N) is 3. The number of hydrogen-bond donors (Lipinski definition) is 1. The molecule has 7 nitrogen and oxygen atoms in total. The van der Waals surface area contributed by atoms with Crippen LogP contribution in [0, 0.1) is 5.92 Å². The molecule has 4 rings (SSSR count). The van der Waals surface area contributed by atoms with Crippen LogP contribution in [0.5, 0.6) is 0 Å². The van der Waals surface area contributed by atoms with Crippen molar-refractivity contribution < 1.29 is 14.3 Å². The highest BCUT2D eigenvalue weighted by Crippen LogP contribution is 2.47. The molecule has 2 aromatic heterocycles. The van der Waals surface area contributed by atoms with E-state index in [0.717, 1.165) is 11.2 Å². The molecule has 3 heterocycles. The van der Waals surface area contributed by atoms with Crippen LogP contribution in [0.3, 0.4) is 0 Å². The zero-order valence-electron chi connectivity index (χ0n) is 14.1. The number of rotatable bonds is 3. The van der Waals surface area contributed by atoms with Crippen molar-refractivity contribution in [1.29, 1.82) is 0 Å². The van der Waals surface area contributed by atoms with Gasteiger partial charge in [0.1, 0.15) is 17.7 Å². The minimum Gasteiger partial charge on any atom is -0.356 e. The number of aromatic nitrogens is 3. The molecule has 0 bridgehead atoms. The first-order chi connectivity index (χ1) is 11.5. The largest absolute Gasteiger partial charge is 0.356 e. The van der Waals surface area contributed by atoms with Gasteiger partial charge in [-0.1, -0.05) is 0 Å². The molecule has 128 valence electrons. The predicted molar refractivity (Wildman–Crippen MR) is 87.2 cm³/mol. The van der Waals surface area contributed by atoms with E-state index in [1.165, 1.54) is 0 Å². The first-order valence-electron chi connectivity index (χ1n) is 8.41. The third-order valence-electron chi connectivity index (χ3n) is 4.81. The summed E-state index contributed by atoms with van der Waals surface area (Å²) in [7, 11) is 0. The Morgan fingerprint density at radius 1 is 1.38 bits per heavy atom. The highest BCUT2D eigenvalue weighted by Gasteiger charge is 2.56. The summed E-state index contributed by atoms with van der Waals surface area (Å²) in [5.41, 5.74) is 1.65. The minimum atomic E-state index is -0.692. The number of ether oxygens (including phenoxy) is 2. The molecule has 2 aliphatic rings. The summed E-state index contributed by atoms with van der Waals surface area (Å²) in [4.78, 5) is 21.4. The molecule has 1 saturated carbocycles. The lowest BCUT2D eigenvalue weighted by Gasteiger charge is -2.24. The Morgan fingerprint density at radius 2 is 2.17 bits per heavy atom. The van der Waals surface area contributed by atoms with Gasteiger partial charge >= 0.3 is 0 Å². The van der Waals surface area contributed by atoms with Crippen LogP contribution in [-0.2, 0) is 14.3 Å². The number of nitrogens with one attached hydrogen (secondary N) is 1. The Hall–Kier alpha value is -1.99. The fourth-order valence-electron chi connectivity index (χ4n) is 3.90. The quantitative estimate of drug-likeness (QED) is 0.926. The minimum absolute atomic E-state index is 0.0219. The zero-order chi connectivity index (χ0) is 16.9. The Balaban J connectivity index is 1.72. The van der Waals surface area contributed by atoms with Gasteiger partial charge < -0.3 is 19.4 Å². The van der Waals surface area contributed by atoms with Crippen LogP contribution < -0.4 is 5.32 Å². The molecule has 2 fully saturated rings. The standard InChI is InChI=1S/C17H22N4O3/c1-4-18-16(22)10-8-12(14-13(10)23-17(2,3)24-14)21-9-20-11-6-5-7-19-15(11)21/h5-7,9-10,12-14H,4,8H2,1-3H3,(H,18,22)/t10-,12+,13+,14-/m0/s1. The van der Waals surface area contributed by atoms with E-state index in [1.54, 1.807) is 12.5 Å². The van der Waals surface area contributed by atoms with E-state index in [9.17, 15) is 4.79 Å². The molecule has 7 heteroatoms. The maximum Gasteiger partial charge on any atom is 0.225 e. The van der Waals surface area contributed by atoms with E-state index >= 15 is 0 Å². The second-order valence-corrected chi connectivity index (χ2v) is 6.87. The second kappa shape index (κ2) is 5.53. The van der Waals surface area contributed by atoms with Crippen LogP contribution in [0.4, 0.5) is 0 Å². The average Bonchev–Trinajstić information content (AvgIpc) is 3.18. The lowest BCUT2D eigenvalue weighted by atomic mass is 10.0. The smallest absolute Gasteiger partial charge is 0.225 e. The number of fused-ring (bicyclic) bond motifs is 2. The summed E-state index contributed by atoms with van der Waals surface area (Å²) in [6.45, 7) is 6.31. The molecule has 1 amide bonds. The van der Waals surface area contributed by atoms with Gasteiger partial charge in [-0.15, -0.1) is 0 Å². The first-order valence-corrected chi connectivity index (χ1v) is 8.41. The van der Waals surface area contributed by atoms with Gasteiger partial charge in [0, 0.05) is 12.7 Å². The summed E-state index contributed by atoms with van der Waals surface area (Å²) in [5.74, 6) is -0.903. The van der Waals surface area contributed by atoms with Gasteiger partial charge in [-0.3, -0.25) is 4.79 Å². The van der Waals surface area contributed by atoms with Crippen molar-refractivity contribution in [1.82, 2.24) is 19.9 Å². The summed E-state index contributed by atoms with van der Waals surface area (Å²) in [6.07, 6.45) is 3.75. The highest BCUT2D eigenvalue weighted by molar-refractivity contribution is 5.80. The molecule has 0 radical (unpaired) electrons. The summed E-state index contributed by atoms with van der Waals surface area (Å²) < 4.78 is 14.2. The molecule has 4 atom stereocenters. The lowest BCUT2D eigenvalue weighted by Crippen LogP contribution is -2.37. The van der Waals surface area contributed by atoms with E-state index in [-0.39, 0.29) is 30.1 Å². The Kier molecular flexibility index (Phi) is 3.58. The zero-order valence-corrected chi connectivity index (χ0v) is 14.1. The molecular weight excluding hydrogens is 308 g/mol. The van der Waals surface area contributed by atoms with Crippen molar-refractivity contribution in [3.63, 3.8) is 0 Å². The molecule has 24 heavy (non-hydrogen) atoms. The number of imidazole rings is 1. The van der Waals surface area contributed by atoms with E-state index in [0.29, 0.717) is 13.0 Å². The fraction of sp³-hybridized carbons (Fsp3) is 0.588. The van der Waals surface area contributed by atoms with E-state index < -0.39 is 5.79 Å². The van der Waals surface area contributed by atoms with Gasteiger partial charge in [0.2, 0.25) is 5.91 Å². The summed E-state index contributed by atoms with van der Waals surface area (Å²) >= 11 is 0. The highest BCUT2D eigenvalue weighted by atomic mass is 16.8. The van der Waals surface area contributed by atoms with Gasteiger partial charge in [0.05, 0.1) is 18.3 Å². The Morgan fingerprint density at radius 3 is 2.96 bits per heavy atom. The van der Waals surface area contributed by atoms with Crippen LogP contribution >= 0.6 is 0 Å². The van der Waals surface area contributed by atoms with Gasteiger partial charge in [-0.05, 0) is 39.3 Å². The first kappa shape index (κ1) is 15.5. The Bertz CT molecular complexity index is 772. The lowest BCUT2D eigenvalue weighted by molar-refractivity contribution is -0.163. The third kappa shape index (κ3) is 2.39. The van der Waals surface area contributed by atoms with E-state index in [2.05, 4.69) is 15.3 Å². The molecule has 0 unspecified atom stereocenters. The number of pyridine rings is 1. The van der Waals surface area contributed by atoms with Crippen molar-refractivity contribution in [2.24, 2.45) is 5.92 Å². The SMILES string of the molecule is CCNC(=O)[C@H]1C[C@@H](n2cnc3cccnc32)[C@@H]2OC(C)(C)O[C@@H]21. The van der Waals surface area contributed by atoms with Gasteiger partial charge in [-0.25, -0.2) is 9.97 Å². The molecule has 1 N–H and O–H groups in total. The van der Waals surface area contributed by atoms with Crippen LogP contribution in [0.1, 0.15) is 33.2 Å². The molecule has 1 aliphatic heterocycles. The maximum absolute atomic E-state index is 12.5. The third-order valence-corrected chi connectivity index (χ3v) is 4.81. The van der Waals surface area contributed by atoms with Gasteiger partial charge in [0.25, 0.3) is 0 Å². The van der Waals surface area contributed by atoms with Crippen molar-refractivity contribution in [2.45, 2.75) is 51.2 Å². The van der Waals surface area contributed by atoms with Crippen molar-refractivity contribution >= 4 is 17.1 Å². The Labute approximate surface area is 140 Å². The molecule has 0 spiro atoms. The number of hydrogen-bond acceptors (Lipinski definition) is 5. The normalized spacial score (nSPS) is 31.3. The van der Waals surface area contributed by atoms with Crippen LogP contribution in [-0.4, -0.2) is 45.0 Å². The monoisotopic (exact) mass is 330 g/mol. The summed E-state index contributed by atoms with van der Waals surface area (Å²) in [6, 6.07) is 3.78. The molecular formula is C17H22N4O3. The van der Waals surface area contributed by atoms with E-state index in [4.69, 9.17) is 9.47 Å². The van der Waals surface area contributed by atoms with Crippen molar-refractivity contribution in [3.05, 3.63) is 24.7 Å². The van der Waals surface area contributed by atoms with Crippen molar-refractivity contribution in [2.75, 3.05) is 6.54 Å². The van der Waals surface area contributed by atoms with Crippen LogP contribution in [0.15, 0.2) is 24.7 Å².